The van der Waals surface area contributed by atoms with Crippen LogP contribution in [0.15, 0.2) is 23.4 Å². The molecule has 1 heterocycles. The number of H-pyrrole nitrogens is 1. The molecule has 0 bridgehead atoms. The first-order chi connectivity index (χ1) is 5.17. The number of sulfone groups is 1. The van der Waals surface area contributed by atoms with Gasteiger partial charge in [-0.3, -0.25) is 0 Å². The van der Waals surface area contributed by atoms with Gasteiger partial charge in [0.2, 0.25) is 0 Å². The van der Waals surface area contributed by atoms with Gasteiger partial charge < -0.3 is 10.7 Å². The van der Waals surface area contributed by atoms with E-state index in [1.165, 1.54) is 6.07 Å². The second kappa shape index (κ2) is 3.06. The highest BCUT2D eigenvalue weighted by Gasteiger charge is 2.12. The Morgan fingerprint density at radius 3 is 2.73 bits per heavy atom. The first-order valence-electron chi connectivity index (χ1n) is 3.23. The highest BCUT2D eigenvalue weighted by Crippen LogP contribution is 2.05. The summed E-state index contributed by atoms with van der Waals surface area (Å²) in [5, 5.41) is 0.239. The van der Waals surface area contributed by atoms with Crippen molar-refractivity contribution in [1.29, 1.82) is 0 Å². The topological polar surface area (TPSA) is 76.0 Å². The number of hydrogen-bond donors (Lipinski definition) is 2. The van der Waals surface area contributed by atoms with Crippen LogP contribution in [0.4, 0.5) is 0 Å². The van der Waals surface area contributed by atoms with Crippen LogP contribution in [-0.2, 0) is 9.84 Å². The van der Waals surface area contributed by atoms with Crippen LogP contribution < -0.4 is 5.73 Å². The Hall–Kier alpha value is -0.810. The summed E-state index contributed by atoms with van der Waals surface area (Å²) in [6.07, 6.45) is 1.57. The van der Waals surface area contributed by atoms with Gasteiger partial charge in [-0.25, -0.2) is 8.42 Å². The Labute approximate surface area is 65.3 Å². The lowest BCUT2D eigenvalue weighted by atomic mass is 10.7. The highest BCUT2D eigenvalue weighted by molar-refractivity contribution is 7.91. The van der Waals surface area contributed by atoms with E-state index in [1.807, 2.05) is 0 Å². The monoisotopic (exact) mass is 174 g/mol. The minimum Gasteiger partial charge on any atom is -0.352 e. The van der Waals surface area contributed by atoms with Crippen molar-refractivity contribution < 1.29 is 8.42 Å². The Bertz CT molecular complexity index is 301. The van der Waals surface area contributed by atoms with Crippen LogP contribution in [0.1, 0.15) is 0 Å². The van der Waals surface area contributed by atoms with Crippen molar-refractivity contribution in [2.45, 2.75) is 5.03 Å². The van der Waals surface area contributed by atoms with Crippen LogP contribution >= 0.6 is 0 Å². The maximum Gasteiger partial charge on any atom is 0.194 e. The summed E-state index contributed by atoms with van der Waals surface area (Å²) in [5.74, 6) is -0.00644. The van der Waals surface area contributed by atoms with E-state index in [4.69, 9.17) is 5.73 Å². The van der Waals surface area contributed by atoms with Crippen LogP contribution in [0, 0.1) is 0 Å². The van der Waals surface area contributed by atoms with E-state index in [0.29, 0.717) is 0 Å². The van der Waals surface area contributed by atoms with E-state index in [9.17, 15) is 8.42 Å². The maximum atomic E-state index is 11.2. The first kappa shape index (κ1) is 8.29. The molecule has 0 fully saturated rings. The second-order valence-corrected chi connectivity index (χ2v) is 4.22. The van der Waals surface area contributed by atoms with E-state index in [1.54, 1.807) is 12.3 Å². The fourth-order valence-corrected chi connectivity index (χ4v) is 1.84. The molecule has 1 aromatic heterocycles. The van der Waals surface area contributed by atoms with Gasteiger partial charge in [0.05, 0.1) is 5.75 Å². The molecule has 11 heavy (non-hydrogen) atoms. The zero-order valence-electron chi connectivity index (χ0n) is 5.95. The van der Waals surface area contributed by atoms with Crippen molar-refractivity contribution in [3.05, 3.63) is 18.3 Å². The van der Waals surface area contributed by atoms with E-state index >= 15 is 0 Å². The molecule has 0 saturated carbocycles. The summed E-state index contributed by atoms with van der Waals surface area (Å²) in [5.41, 5.74) is 5.13. The quantitative estimate of drug-likeness (QED) is 0.663. The standard InChI is InChI=1S/C6H10N2O2S/c7-3-5-11(9,10)6-2-1-4-8-6/h1-2,4,8H,3,5,7H2. The zero-order chi connectivity index (χ0) is 8.32. The summed E-state index contributed by atoms with van der Waals surface area (Å²) in [6.45, 7) is 0.154. The van der Waals surface area contributed by atoms with Crippen LogP contribution in [0.3, 0.4) is 0 Å². The third-order valence-corrected chi connectivity index (χ3v) is 2.99. The van der Waals surface area contributed by atoms with Gasteiger partial charge in [0.1, 0.15) is 5.03 Å². The van der Waals surface area contributed by atoms with E-state index < -0.39 is 9.84 Å². The molecule has 1 aromatic rings. The predicted molar refractivity (Wildman–Crippen MR) is 41.9 cm³/mol. The van der Waals surface area contributed by atoms with Crippen LogP contribution in [0.25, 0.3) is 0 Å². The lowest BCUT2D eigenvalue weighted by Gasteiger charge is -1.97. The summed E-state index contributed by atoms with van der Waals surface area (Å²) in [7, 11) is -3.15. The molecule has 0 saturated heterocycles. The van der Waals surface area contributed by atoms with Crippen molar-refractivity contribution in [2.24, 2.45) is 5.73 Å². The molecular weight excluding hydrogens is 164 g/mol. The van der Waals surface area contributed by atoms with Crippen molar-refractivity contribution in [2.75, 3.05) is 12.3 Å². The molecule has 0 atom stereocenters. The molecule has 0 aromatic carbocycles. The van der Waals surface area contributed by atoms with Gasteiger partial charge >= 0.3 is 0 Å². The van der Waals surface area contributed by atoms with Gasteiger partial charge in [-0.15, -0.1) is 0 Å². The van der Waals surface area contributed by atoms with E-state index in [0.717, 1.165) is 0 Å². The number of aromatic amines is 1. The molecule has 5 heteroatoms. The first-order valence-corrected chi connectivity index (χ1v) is 4.88. The lowest BCUT2D eigenvalue weighted by Crippen LogP contribution is -2.15. The second-order valence-electron chi connectivity index (χ2n) is 2.14. The van der Waals surface area contributed by atoms with Gasteiger partial charge in [0.15, 0.2) is 9.84 Å². The minimum atomic E-state index is -3.15. The number of nitrogens with two attached hydrogens (primary N) is 1. The lowest BCUT2D eigenvalue weighted by molar-refractivity contribution is 0.593. The fourth-order valence-electron chi connectivity index (χ4n) is 0.772. The Morgan fingerprint density at radius 2 is 2.27 bits per heavy atom. The third kappa shape index (κ3) is 1.81. The smallest absolute Gasteiger partial charge is 0.194 e. The van der Waals surface area contributed by atoms with Crippen LogP contribution in [-0.4, -0.2) is 25.7 Å². The van der Waals surface area contributed by atoms with Gasteiger partial charge in [0, 0.05) is 12.7 Å². The SMILES string of the molecule is NCCS(=O)(=O)c1ccc[nH]1. The number of hydrogen-bond acceptors (Lipinski definition) is 3. The molecule has 1 rings (SSSR count). The average Bonchev–Trinajstić information content (AvgIpc) is 2.37. The van der Waals surface area contributed by atoms with Crippen molar-refractivity contribution in [1.82, 2.24) is 4.98 Å². The summed E-state index contributed by atoms with van der Waals surface area (Å²) < 4.78 is 22.4. The van der Waals surface area contributed by atoms with Gasteiger partial charge in [-0.1, -0.05) is 0 Å². The van der Waals surface area contributed by atoms with E-state index in [2.05, 4.69) is 4.98 Å². The third-order valence-electron chi connectivity index (χ3n) is 1.29. The van der Waals surface area contributed by atoms with Gasteiger partial charge in [0.25, 0.3) is 0 Å². The molecule has 0 amide bonds. The molecule has 0 radical (unpaired) electrons. The molecule has 4 nitrogen and oxygen atoms in total. The van der Waals surface area contributed by atoms with Crippen molar-refractivity contribution in [3.63, 3.8) is 0 Å². The molecule has 0 aliphatic heterocycles. The Kier molecular flexibility index (Phi) is 2.31. The predicted octanol–water partition coefficient (Wildman–Crippen LogP) is -0.253. The molecule has 0 spiro atoms. The molecular formula is C6H10N2O2S. The number of rotatable bonds is 3. The zero-order valence-corrected chi connectivity index (χ0v) is 6.76. The van der Waals surface area contributed by atoms with E-state index in [-0.39, 0.29) is 17.3 Å². The fraction of sp³-hybridized carbons (Fsp3) is 0.333. The summed E-state index contributed by atoms with van der Waals surface area (Å²) >= 11 is 0. The molecule has 62 valence electrons. The van der Waals surface area contributed by atoms with Crippen molar-refractivity contribution >= 4 is 9.84 Å². The molecule has 0 aliphatic rings. The van der Waals surface area contributed by atoms with Gasteiger partial charge in [-0.2, -0.15) is 0 Å². The largest absolute Gasteiger partial charge is 0.352 e. The van der Waals surface area contributed by atoms with Crippen LogP contribution in [0.5, 0.6) is 0 Å². The molecule has 0 unspecified atom stereocenters. The normalized spacial score (nSPS) is 11.7. The minimum absolute atomic E-state index is 0.00644. The average molecular weight is 174 g/mol. The number of nitrogens with one attached hydrogen (secondary N) is 1. The Balaban J connectivity index is 2.92. The summed E-state index contributed by atoms with van der Waals surface area (Å²) in [6, 6.07) is 3.16. The van der Waals surface area contributed by atoms with Gasteiger partial charge in [-0.05, 0) is 12.1 Å². The highest BCUT2D eigenvalue weighted by atomic mass is 32.2. The molecule has 0 aliphatic carbocycles. The van der Waals surface area contributed by atoms with Crippen molar-refractivity contribution in [3.8, 4) is 0 Å². The Morgan fingerprint density at radius 1 is 1.55 bits per heavy atom. The van der Waals surface area contributed by atoms with Crippen LogP contribution in [0.2, 0.25) is 0 Å². The molecule has 3 N–H and O–H groups in total. The number of aromatic nitrogens is 1. The maximum absolute atomic E-state index is 11.2. The summed E-state index contributed by atoms with van der Waals surface area (Å²) in [4.78, 5) is 2.62.